The first-order chi connectivity index (χ1) is 13.7. The van der Waals surface area contributed by atoms with E-state index < -0.39 is 11.8 Å². The predicted octanol–water partition coefficient (Wildman–Crippen LogP) is 4.27. The zero-order chi connectivity index (χ0) is 20.2. The molecule has 0 bridgehead atoms. The maximum atomic E-state index is 12.3. The molecule has 1 atom stereocenters. The van der Waals surface area contributed by atoms with Gasteiger partial charge in [0.25, 0.3) is 0 Å². The molecular formula is C24H32N2O2. The van der Waals surface area contributed by atoms with E-state index in [1.807, 2.05) is 60.7 Å². The van der Waals surface area contributed by atoms with Crippen LogP contribution >= 0.6 is 0 Å². The summed E-state index contributed by atoms with van der Waals surface area (Å²) in [4.78, 5) is 24.5. The Morgan fingerprint density at radius 2 is 1.29 bits per heavy atom. The number of benzene rings is 2. The maximum Gasteiger partial charge on any atom is 0.309 e. The summed E-state index contributed by atoms with van der Waals surface area (Å²) >= 11 is 0. The Morgan fingerprint density at radius 3 is 1.75 bits per heavy atom. The molecule has 2 amide bonds. The molecule has 0 aromatic heterocycles. The van der Waals surface area contributed by atoms with Crippen LogP contribution in [0.3, 0.4) is 0 Å². The Morgan fingerprint density at radius 1 is 0.786 bits per heavy atom. The maximum absolute atomic E-state index is 12.3. The second-order valence-corrected chi connectivity index (χ2v) is 7.21. The van der Waals surface area contributed by atoms with Gasteiger partial charge in [-0.2, -0.15) is 0 Å². The van der Waals surface area contributed by atoms with Crippen molar-refractivity contribution in [2.45, 2.75) is 45.4 Å². The molecule has 0 unspecified atom stereocenters. The highest BCUT2D eigenvalue weighted by Gasteiger charge is 2.19. The Kier molecular flexibility index (Phi) is 9.26. The molecule has 0 heterocycles. The smallest absolute Gasteiger partial charge is 0.309 e. The van der Waals surface area contributed by atoms with Crippen molar-refractivity contribution in [2.24, 2.45) is 5.92 Å². The van der Waals surface area contributed by atoms with Gasteiger partial charge < -0.3 is 10.6 Å². The molecule has 0 spiro atoms. The topological polar surface area (TPSA) is 58.2 Å². The summed E-state index contributed by atoms with van der Waals surface area (Å²) in [5.74, 6) is -0.679. The molecule has 2 aromatic rings. The van der Waals surface area contributed by atoms with Gasteiger partial charge in [-0.1, -0.05) is 93.8 Å². The minimum Gasteiger partial charge on any atom is -0.348 e. The highest BCUT2D eigenvalue weighted by molar-refractivity contribution is 6.35. The zero-order valence-corrected chi connectivity index (χ0v) is 17.0. The summed E-state index contributed by atoms with van der Waals surface area (Å²) in [6.45, 7) is 5.22. The van der Waals surface area contributed by atoms with Crippen molar-refractivity contribution in [1.29, 1.82) is 0 Å². The number of hydrogen-bond donors (Lipinski definition) is 2. The molecule has 0 radical (unpaired) electrons. The van der Waals surface area contributed by atoms with Crippen molar-refractivity contribution in [3.05, 3.63) is 71.8 Å². The molecule has 0 saturated heterocycles. The van der Waals surface area contributed by atoms with Crippen LogP contribution in [0.25, 0.3) is 0 Å². The average Bonchev–Trinajstić information content (AvgIpc) is 2.75. The number of carbonyl (C=O) groups excluding carboxylic acids is 2. The lowest BCUT2D eigenvalue weighted by atomic mass is 9.91. The largest absolute Gasteiger partial charge is 0.348 e. The molecule has 28 heavy (non-hydrogen) atoms. The predicted molar refractivity (Wildman–Crippen MR) is 114 cm³/mol. The molecule has 150 valence electrons. The average molecular weight is 381 g/mol. The Bertz CT molecular complexity index is 676. The van der Waals surface area contributed by atoms with Crippen LogP contribution in [-0.2, 0) is 9.59 Å². The van der Waals surface area contributed by atoms with Crippen LogP contribution in [0.1, 0.15) is 56.6 Å². The van der Waals surface area contributed by atoms with Gasteiger partial charge in [-0.3, -0.25) is 9.59 Å². The van der Waals surface area contributed by atoms with Crippen molar-refractivity contribution >= 4 is 11.8 Å². The molecule has 2 aromatic carbocycles. The normalized spacial score (nSPS) is 11.8. The fourth-order valence-electron chi connectivity index (χ4n) is 3.33. The van der Waals surface area contributed by atoms with Crippen LogP contribution in [0.5, 0.6) is 0 Å². The Hall–Kier alpha value is -2.62. The number of carbonyl (C=O) groups is 2. The number of rotatable bonds is 10. The molecule has 0 fully saturated rings. The molecule has 2 rings (SSSR count). The van der Waals surface area contributed by atoms with Crippen molar-refractivity contribution < 1.29 is 9.59 Å². The van der Waals surface area contributed by atoms with Crippen LogP contribution in [0, 0.1) is 5.92 Å². The Labute approximate surface area is 168 Å². The lowest BCUT2D eigenvalue weighted by Gasteiger charge is -2.19. The third-order valence-corrected chi connectivity index (χ3v) is 5.17. The molecule has 0 aliphatic heterocycles. The number of amides is 2. The van der Waals surface area contributed by atoms with Gasteiger partial charge in [0, 0.05) is 19.0 Å². The van der Waals surface area contributed by atoms with E-state index in [9.17, 15) is 9.59 Å². The van der Waals surface area contributed by atoms with E-state index in [0.29, 0.717) is 19.0 Å². The van der Waals surface area contributed by atoms with E-state index in [2.05, 4.69) is 24.5 Å². The van der Waals surface area contributed by atoms with Crippen molar-refractivity contribution in [2.75, 3.05) is 13.1 Å². The second-order valence-electron chi connectivity index (χ2n) is 7.21. The van der Waals surface area contributed by atoms with E-state index in [1.54, 1.807) is 0 Å². The zero-order valence-electron chi connectivity index (χ0n) is 17.0. The van der Waals surface area contributed by atoms with Gasteiger partial charge in [0.05, 0.1) is 0 Å². The van der Waals surface area contributed by atoms with E-state index in [-0.39, 0.29) is 5.92 Å². The molecule has 0 aliphatic rings. The van der Waals surface area contributed by atoms with Crippen LogP contribution in [0.4, 0.5) is 0 Å². The summed E-state index contributed by atoms with van der Waals surface area (Å²) in [5, 5.41) is 5.61. The first-order valence-electron chi connectivity index (χ1n) is 10.3. The molecule has 4 heteroatoms. The van der Waals surface area contributed by atoms with Crippen LogP contribution in [0.15, 0.2) is 60.7 Å². The molecule has 0 aliphatic carbocycles. The first kappa shape index (κ1) is 21.7. The summed E-state index contributed by atoms with van der Waals surface area (Å²) in [6, 6.07) is 20.1. The van der Waals surface area contributed by atoms with Crippen LogP contribution in [0.2, 0.25) is 0 Å². The molecule has 0 saturated carbocycles. The van der Waals surface area contributed by atoms with Crippen molar-refractivity contribution in [3.8, 4) is 0 Å². The lowest BCUT2D eigenvalue weighted by molar-refractivity contribution is -0.139. The molecule has 2 N–H and O–H groups in total. The third-order valence-electron chi connectivity index (χ3n) is 5.17. The van der Waals surface area contributed by atoms with Gasteiger partial charge in [0.15, 0.2) is 0 Å². The highest BCUT2D eigenvalue weighted by atomic mass is 16.2. The Balaban J connectivity index is 1.93. The van der Waals surface area contributed by atoms with Crippen molar-refractivity contribution in [1.82, 2.24) is 10.6 Å². The molecular weight excluding hydrogens is 348 g/mol. The fourth-order valence-corrected chi connectivity index (χ4v) is 3.33. The standard InChI is InChI=1S/C24H32N2O2/c1-3-5-12-19(4-2)17-25-23(27)24(28)26-18-22(20-13-8-6-9-14-20)21-15-10-7-11-16-21/h6-11,13-16,19,22H,3-5,12,17-18H2,1-2H3,(H,25,27)(H,26,28)/t19-/m1/s1. The first-order valence-corrected chi connectivity index (χ1v) is 10.3. The number of hydrogen-bond acceptors (Lipinski definition) is 2. The number of nitrogens with one attached hydrogen (secondary N) is 2. The van der Waals surface area contributed by atoms with Crippen LogP contribution in [-0.4, -0.2) is 24.9 Å². The highest BCUT2D eigenvalue weighted by Crippen LogP contribution is 2.23. The van der Waals surface area contributed by atoms with Gasteiger partial charge in [-0.15, -0.1) is 0 Å². The van der Waals surface area contributed by atoms with Gasteiger partial charge in [-0.05, 0) is 23.5 Å². The van der Waals surface area contributed by atoms with Gasteiger partial charge in [0.1, 0.15) is 0 Å². The molecule has 4 nitrogen and oxygen atoms in total. The summed E-state index contributed by atoms with van der Waals surface area (Å²) in [6.07, 6.45) is 4.38. The summed E-state index contributed by atoms with van der Waals surface area (Å²) in [5.41, 5.74) is 2.22. The minimum absolute atomic E-state index is 0.00657. The summed E-state index contributed by atoms with van der Waals surface area (Å²) in [7, 11) is 0. The second kappa shape index (κ2) is 12.0. The minimum atomic E-state index is -0.567. The SMILES string of the molecule is CCCC[C@@H](CC)CNC(=O)C(=O)NCC(c1ccccc1)c1ccccc1. The van der Waals surface area contributed by atoms with E-state index in [0.717, 1.165) is 36.8 Å². The van der Waals surface area contributed by atoms with Gasteiger partial charge >= 0.3 is 11.8 Å². The quantitative estimate of drug-likeness (QED) is 0.605. The van der Waals surface area contributed by atoms with Gasteiger partial charge in [-0.25, -0.2) is 0 Å². The summed E-state index contributed by atoms with van der Waals surface area (Å²) < 4.78 is 0. The van der Waals surface area contributed by atoms with Crippen LogP contribution < -0.4 is 10.6 Å². The van der Waals surface area contributed by atoms with E-state index in [4.69, 9.17) is 0 Å². The lowest BCUT2D eigenvalue weighted by Crippen LogP contribution is -2.43. The fraction of sp³-hybridized carbons (Fsp3) is 0.417. The van der Waals surface area contributed by atoms with Gasteiger partial charge in [0.2, 0.25) is 0 Å². The third kappa shape index (κ3) is 6.84. The van der Waals surface area contributed by atoms with E-state index in [1.165, 1.54) is 0 Å². The van der Waals surface area contributed by atoms with E-state index >= 15 is 0 Å². The van der Waals surface area contributed by atoms with Crippen molar-refractivity contribution in [3.63, 3.8) is 0 Å². The number of unbranched alkanes of at least 4 members (excludes halogenated alkanes) is 1. The monoisotopic (exact) mass is 380 g/mol.